The number of benzene rings is 9. The summed E-state index contributed by atoms with van der Waals surface area (Å²) in [6.07, 6.45) is 0. The van der Waals surface area contributed by atoms with Gasteiger partial charge in [-0.1, -0.05) is 133 Å². The van der Waals surface area contributed by atoms with E-state index in [0.717, 1.165) is 106 Å². The van der Waals surface area contributed by atoms with Crippen LogP contribution >= 0.6 is 0 Å². The lowest BCUT2D eigenvalue weighted by Crippen LogP contribution is -2.00. The van der Waals surface area contributed by atoms with Crippen molar-refractivity contribution in [2.45, 2.75) is 0 Å². The zero-order chi connectivity index (χ0) is 40.7. The van der Waals surface area contributed by atoms with Crippen molar-refractivity contribution in [3.8, 4) is 51.0 Å². The maximum absolute atomic E-state index is 6.60. The molecule has 0 amide bonds. The molecule has 0 saturated heterocycles. The van der Waals surface area contributed by atoms with E-state index < -0.39 is 0 Å². The van der Waals surface area contributed by atoms with Gasteiger partial charge in [-0.25, -0.2) is 0 Å². The molecular formula is C56H35N5O. The van der Waals surface area contributed by atoms with Gasteiger partial charge in [-0.2, -0.15) is 0 Å². The molecule has 0 spiro atoms. The summed E-state index contributed by atoms with van der Waals surface area (Å²) >= 11 is 0. The Bertz CT molecular complexity index is 3870. The zero-order valence-electron chi connectivity index (χ0n) is 33.4. The molecule has 62 heavy (non-hydrogen) atoms. The van der Waals surface area contributed by atoms with Crippen LogP contribution < -0.4 is 0 Å². The fourth-order valence-electron chi connectivity index (χ4n) is 9.68. The largest absolute Gasteiger partial charge is 0.455 e. The van der Waals surface area contributed by atoms with E-state index in [-0.39, 0.29) is 0 Å². The number of nitrogens with zero attached hydrogens (tertiary/aromatic N) is 5. The van der Waals surface area contributed by atoms with Crippen LogP contribution in [0.3, 0.4) is 0 Å². The van der Waals surface area contributed by atoms with E-state index >= 15 is 0 Å². The van der Waals surface area contributed by atoms with Gasteiger partial charge in [0.1, 0.15) is 11.2 Å². The second-order valence-electron chi connectivity index (χ2n) is 15.8. The molecule has 9 aromatic carbocycles. The third kappa shape index (κ3) is 5.10. The maximum atomic E-state index is 6.60. The van der Waals surface area contributed by atoms with Crippen LogP contribution in [0.2, 0.25) is 0 Å². The number of rotatable bonds is 6. The van der Waals surface area contributed by atoms with Gasteiger partial charge >= 0.3 is 0 Å². The Morgan fingerprint density at radius 1 is 0.339 bits per heavy atom. The van der Waals surface area contributed by atoms with E-state index in [1.54, 1.807) is 0 Å². The second-order valence-corrected chi connectivity index (χ2v) is 15.8. The van der Waals surface area contributed by atoms with Crippen LogP contribution in [0.5, 0.6) is 0 Å². The Morgan fingerprint density at radius 2 is 0.952 bits per heavy atom. The smallest absolute Gasteiger partial charge is 0.168 e. The molecule has 0 N–H and O–H groups in total. The zero-order valence-corrected chi connectivity index (χ0v) is 33.4. The van der Waals surface area contributed by atoms with Crippen LogP contribution in [-0.4, -0.2) is 23.9 Å². The first-order valence-corrected chi connectivity index (χ1v) is 20.9. The molecule has 0 aliphatic rings. The van der Waals surface area contributed by atoms with Gasteiger partial charge in [0.2, 0.25) is 0 Å². The lowest BCUT2D eigenvalue weighted by molar-refractivity contribution is 0.673. The predicted octanol–water partition coefficient (Wildman–Crippen LogP) is 14.4. The molecule has 0 bridgehead atoms. The monoisotopic (exact) mass is 793 g/mol. The van der Waals surface area contributed by atoms with Crippen molar-refractivity contribution >= 4 is 65.6 Å². The average Bonchev–Trinajstić information content (AvgIpc) is 4.11. The second kappa shape index (κ2) is 13.5. The highest BCUT2D eigenvalue weighted by atomic mass is 16.3. The fraction of sp³-hybridized carbons (Fsp3) is 0. The molecular weight excluding hydrogens is 759 g/mol. The van der Waals surface area contributed by atoms with Crippen LogP contribution in [0.15, 0.2) is 217 Å². The molecule has 13 rings (SSSR count). The molecule has 290 valence electrons. The van der Waals surface area contributed by atoms with Gasteiger partial charge in [-0.05, 0) is 84.4 Å². The van der Waals surface area contributed by atoms with E-state index in [4.69, 9.17) is 14.6 Å². The Morgan fingerprint density at radius 3 is 1.79 bits per heavy atom. The fourth-order valence-corrected chi connectivity index (χ4v) is 9.68. The minimum absolute atomic E-state index is 0.789. The molecule has 4 heterocycles. The van der Waals surface area contributed by atoms with Crippen molar-refractivity contribution in [3.63, 3.8) is 0 Å². The van der Waals surface area contributed by atoms with Crippen LogP contribution in [0.25, 0.3) is 117 Å². The lowest BCUT2D eigenvalue weighted by atomic mass is 10.0. The van der Waals surface area contributed by atoms with Crippen LogP contribution in [0.1, 0.15) is 0 Å². The van der Waals surface area contributed by atoms with Crippen LogP contribution in [-0.2, 0) is 0 Å². The summed E-state index contributed by atoms with van der Waals surface area (Å²) in [6, 6.07) is 75.1. The molecule has 0 aliphatic heterocycles. The molecule has 13 aromatic rings. The first-order valence-electron chi connectivity index (χ1n) is 20.9. The topological polar surface area (TPSA) is 53.7 Å². The maximum Gasteiger partial charge on any atom is 0.168 e. The Kier molecular flexibility index (Phi) is 7.50. The SMILES string of the molecule is c1ccc(-c2nnc(-c3ccc4c(c3)c3ccccc3n4-c3ccccc3-c3cccc(-n4c5ccccc5c5c6oc7ccccc7c6ccc54)c3)n2-c2ccccc2)cc1. The highest BCUT2D eigenvalue weighted by Crippen LogP contribution is 2.42. The van der Waals surface area contributed by atoms with Gasteiger partial charge < -0.3 is 13.6 Å². The van der Waals surface area contributed by atoms with Crippen molar-refractivity contribution in [1.29, 1.82) is 0 Å². The number of hydrogen-bond acceptors (Lipinski definition) is 3. The average molecular weight is 794 g/mol. The number of fused-ring (bicyclic) bond motifs is 10. The van der Waals surface area contributed by atoms with Gasteiger partial charge in [0, 0.05) is 55.0 Å². The molecule has 0 atom stereocenters. The first kappa shape index (κ1) is 34.4. The first-order chi connectivity index (χ1) is 30.8. The van der Waals surface area contributed by atoms with Crippen molar-refractivity contribution < 1.29 is 4.42 Å². The van der Waals surface area contributed by atoms with Gasteiger partial charge in [0.25, 0.3) is 0 Å². The number of furan rings is 1. The van der Waals surface area contributed by atoms with Gasteiger partial charge in [0.05, 0.1) is 33.1 Å². The van der Waals surface area contributed by atoms with Crippen molar-refractivity contribution in [2.24, 2.45) is 0 Å². The molecule has 0 aliphatic carbocycles. The summed E-state index contributed by atoms with van der Waals surface area (Å²) in [5.74, 6) is 1.59. The predicted molar refractivity (Wildman–Crippen MR) is 254 cm³/mol. The minimum Gasteiger partial charge on any atom is -0.455 e. The number of aromatic nitrogens is 5. The molecule has 0 radical (unpaired) electrons. The van der Waals surface area contributed by atoms with Gasteiger partial charge in [0.15, 0.2) is 11.6 Å². The van der Waals surface area contributed by atoms with Crippen molar-refractivity contribution in [2.75, 3.05) is 0 Å². The van der Waals surface area contributed by atoms with Crippen molar-refractivity contribution in [1.82, 2.24) is 23.9 Å². The number of hydrogen-bond donors (Lipinski definition) is 0. The normalized spacial score (nSPS) is 11.9. The minimum atomic E-state index is 0.789. The third-order valence-electron chi connectivity index (χ3n) is 12.4. The molecule has 6 heteroatoms. The Labute approximate surface area is 355 Å². The van der Waals surface area contributed by atoms with E-state index in [1.165, 1.54) is 10.8 Å². The summed E-state index contributed by atoms with van der Waals surface area (Å²) in [5.41, 5.74) is 13.8. The standard InChI is InChI=1S/C56H35N5O/c1-3-16-36(17-4-1)55-57-58-56(60(55)39-19-5-2-6-20-39)38-30-32-50-46(35-38)42-23-8-12-27-48(42)61(50)47-26-11-7-22-41(47)37-18-15-21-40(34-37)59-49-28-13-9-25-45(49)53-51(59)33-31-44-43-24-10-14-29-52(43)62-54(44)53/h1-35H. The molecule has 6 nitrogen and oxygen atoms in total. The lowest BCUT2D eigenvalue weighted by Gasteiger charge is -2.16. The van der Waals surface area contributed by atoms with E-state index in [2.05, 4.69) is 196 Å². The highest BCUT2D eigenvalue weighted by molar-refractivity contribution is 6.24. The quantitative estimate of drug-likeness (QED) is 0.168. The van der Waals surface area contributed by atoms with Crippen LogP contribution in [0.4, 0.5) is 0 Å². The molecule has 0 unspecified atom stereocenters. The summed E-state index contributed by atoms with van der Waals surface area (Å²) in [7, 11) is 0. The van der Waals surface area contributed by atoms with Gasteiger partial charge in [-0.15, -0.1) is 10.2 Å². The van der Waals surface area contributed by atoms with E-state index in [1.807, 2.05) is 30.3 Å². The third-order valence-corrected chi connectivity index (χ3v) is 12.4. The van der Waals surface area contributed by atoms with E-state index in [9.17, 15) is 0 Å². The Hall–Kier alpha value is -8.48. The molecule has 0 saturated carbocycles. The summed E-state index contributed by atoms with van der Waals surface area (Å²) < 4.78 is 13.5. The number of para-hydroxylation sites is 5. The summed E-state index contributed by atoms with van der Waals surface area (Å²) in [6.45, 7) is 0. The van der Waals surface area contributed by atoms with Gasteiger partial charge in [-0.3, -0.25) is 4.57 Å². The Balaban J connectivity index is 0.981. The van der Waals surface area contributed by atoms with Crippen molar-refractivity contribution in [3.05, 3.63) is 212 Å². The van der Waals surface area contributed by atoms with E-state index in [0.29, 0.717) is 0 Å². The summed E-state index contributed by atoms with van der Waals surface area (Å²) in [5, 5.41) is 16.5. The van der Waals surface area contributed by atoms with Crippen LogP contribution in [0, 0.1) is 0 Å². The molecule has 4 aromatic heterocycles. The summed E-state index contributed by atoms with van der Waals surface area (Å²) in [4.78, 5) is 0. The highest BCUT2D eigenvalue weighted by Gasteiger charge is 2.22. The molecule has 0 fully saturated rings.